The summed E-state index contributed by atoms with van der Waals surface area (Å²) in [6, 6.07) is 0. The molecule has 0 aromatic rings. The number of rotatable bonds is 30. The zero-order valence-corrected chi connectivity index (χ0v) is 25.0. The SMILES string of the molecule is CCCCCC/C=C\CCCCCCCC(=O)OC(CO)COCCCCCCCCCCCCCC. The van der Waals surface area contributed by atoms with Gasteiger partial charge in [-0.25, -0.2) is 0 Å². The molecule has 0 saturated heterocycles. The van der Waals surface area contributed by atoms with Crippen LogP contribution in [-0.4, -0.2) is 37.0 Å². The van der Waals surface area contributed by atoms with E-state index in [4.69, 9.17) is 9.47 Å². The molecule has 0 bridgehead atoms. The number of hydrogen-bond acceptors (Lipinski definition) is 4. The van der Waals surface area contributed by atoms with E-state index in [0.717, 1.165) is 19.3 Å². The van der Waals surface area contributed by atoms with Gasteiger partial charge < -0.3 is 14.6 Å². The number of carbonyl (C=O) groups is 1. The van der Waals surface area contributed by atoms with Gasteiger partial charge in [-0.15, -0.1) is 0 Å². The van der Waals surface area contributed by atoms with E-state index in [-0.39, 0.29) is 12.6 Å². The van der Waals surface area contributed by atoms with Crippen LogP contribution in [0.4, 0.5) is 0 Å². The Balaban J connectivity index is 3.45. The highest BCUT2D eigenvalue weighted by atomic mass is 16.6. The smallest absolute Gasteiger partial charge is 0.306 e. The maximum atomic E-state index is 12.1. The molecule has 4 nitrogen and oxygen atoms in total. The maximum absolute atomic E-state index is 12.1. The molecule has 0 aromatic heterocycles. The Bertz CT molecular complexity index is 477. The van der Waals surface area contributed by atoms with Crippen molar-refractivity contribution in [2.24, 2.45) is 0 Å². The Morgan fingerprint density at radius 3 is 1.57 bits per heavy atom. The lowest BCUT2D eigenvalue weighted by Gasteiger charge is -2.15. The molecule has 0 aliphatic heterocycles. The number of allylic oxidation sites excluding steroid dienone is 2. The van der Waals surface area contributed by atoms with Crippen LogP contribution in [0.3, 0.4) is 0 Å². The molecule has 0 radical (unpaired) electrons. The van der Waals surface area contributed by atoms with E-state index in [1.54, 1.807) is 0 Å². The number of aliphatic hydroxyl groups is 1. The van der Waals surface area contributed by atoms with Gasteiger partial charge in [-0.1, -0.05) is 135 Å². The molecule has 0 aliphatic rings. The Kier molecular flexibility index (Phi) is 30.6. The van der Waals surface area contributed by atoms with Gasteiger partial charge in [-0.05, 0) is 38.5 Å². The van der Waals surface area contributed by atoms with Gasteiger partial charge >= 0.3 is 5.97 Å². The van der Waals surface area contributed by atoms with Crippen LogP contribution < -0.4 is 0 Å². The molecule has 4 heteroatoms. The third kappa shape index (κ3) is 29.5. The molecule has 0 aromatic carbocycles. The second-order valence-electron chi connectivity index (χ2n) is 10.9. The van der Waals surface area contributed by atoms with Gasteiger partial charge in [0.05, 0.1) is 13.2 Å². The van der Waals surface area contributed by atoms with E-state index in [1.165, 1.54) is 128 Å². The third-order valence-corrected chi connectivity index (χ3v) is 7.09. The average molecular weight is 525 g/mol. The van der Waals surface area contributed by atoms with E-state index < -0.39 is 6.10 Å². The van der Waals surface area contributed by atoms with Crippen molar-refractivity contribution in [3.63, 3.8) is 0 Å². The van der Waals surface area contributed by atoms with Gasteiger partial charge in [-0.2, -0.15) is 0 Å². The molecular weight excluding hydrogens is 460 g/mol. The van der Waals surface area contributed by atoms with Crippen LogP contribution in [0.25, 0.3) is 0 Å². The molecule has 0 spiro atoms. The fourth-order valence-electron chi connectivity index (χ4n) is 4.62. The van der Waals surface area contributed by atoms with Crippen LogP contribution in [0.15, 0.2) is 12.2 Å². The first-order chi connectivity index (χ1) is 18.2. The first-order valence-corrected chi connectivity index (χ1v) is 16.3. The predicted octanol–water partition coefficient (Wildman–Crippen LogP) is 9.87. The van der Waals surface area contributed by atoms with E-state index in [0.29, 0.717) is 19.6 Å². The Morgan fingerprint density at radius 1 is 0.622 bits per heavy atom. The summed E-state index contributed by atoms with van der Waals surface area (Å²) in [4.78, 5) is 12.1. The standard InChI is InChI=1S/C33H64O4/c1-3-5-7-9-11-13-15-17-18-20-22-24-26-28-33(35)37-32(30-34)31-36-29-27-25-23-21-19-16-14-12-10-8-6-4-2/h13,15,32,34H,3-12,14,16-31H2,1-2H3/b15-13-. The minimum atomic E-state index is -0.529. The number of hydrogen-bond donors (Lipinski definition) is 1. The molecule has 1 N–H and O–H groups in total. The summed E-state index contributed by atoms with van der Waals surface area (Å²) in [6.45, 7) is 5.33. The summed E-state index contributed by atoms with van der Waals surface area (Å²) < 4.78 is 11.1. The van der Waals surface area contributed by atoms with E-state index in [2.05, 4.69) is 26.0 Å². The molecule has 0 heterocycles. The first kappa shape index (κ1) is 36.1. The largest absolute Gasteiger partial charge is 0.457 e. The maximum Gasteiger partial charge on any atom is 0.306 e. The number of aliphatic hydroxyl groups excluding tert-OH is 1. The van der Waals surface area contributed by atoms with Crippen molar-refractivity contribution in [1.29, 1.82) is 0 Å². The summed E-state index contributed by atoms with van der Waals surface area (Å²) in [5.74, 6) is -0.209. The van der Waals surface area contributed by atoms with Crippen LogP contribution >= 0.6 is 0 Å². The van der Waals surface area contributed by atoms with Crippen molar-refractivity contribution in [3.8, 4) is 0 Å². The van der Waals surface area contributed by atoms with Crippen molar-refractivity contribution < 1.29 is 19.4 Å². The molecule has 0 amide bonds. The predicted molar refractivity (Wildman–Crippen MR) is 159 cm³/mol. The van der Waals surface area contributed by atoms with E-state index in [1.807, 2.05) is 0 Å². The first-order valence-electron chi connectivity index (χ1n) is 16.3. The second-order valence-corrected chi connectivity index (χ2v) is 10.9. The molecule has 0 rings (SSSR count). The minimum Gasteiger partial charge on any atom is -0.457 e. The molecule has 37 heavy (non-hydrogen) atoms. The fraction of sp³-hybridized carbons (Fsp3) is 0.909. The van der Waals surface area contributed by atoms with Crippen molar-refractivity contribution in [2.75, 3.05) is 19.8 Å². The van der Waals surface area contributed by atoms with Crippen LogP contribution in [0.2, 0.25) is 0 Å². The van der Waals surface area contributed by atoms with Gasteiger partial charge in [0.1, 0.15) is 6.10 Å². The highest BCUT2D eigenvalue weighted by Crippen LogP contribution is 2.13. The van der Waals surface area contributed by atoms with Gasteiger partial charge in [0.25, 0.3) is 0 Å². The lowest BCUT2D eigenvalue weighted by molar-refractivity contribution is -0.154. The second kappa shape index (κ2) is 31.3. The van der Waals surface area contributed by atoms with Crippen LogP contribution in [0, 0.1) is 0 Å². The molecule has 1 atom stereocenters. The third-order valence-electron chi connectivity index (χ3n) is 7.09. The topological polar surface area (TPSA) is 55.8 Å². The quantitative estimate of drug-likeness (QED) is 0.0577. The summed E-state index contributed by atoms with van der Waals surface area (Å²) in [7, 11) is 0. The van der Waals surface area contributed by atoms with Crippen molar-refractivity contribution in [1.82, 2.24) is 0 Å². The monoisotopic (exact) mass is 524 g/mol. The Labute approximate surface area is 231 Å². The van der Waals surface area contributed by atoms with E-state index in [9.17, 15) is 9.90 Å². The highest BCUT2D eigenvalue weighted by molar-refractivity contribution is 5.69. The lowest BCUT2D eigenvalue weighted by atomic mass is 10.1. The number of unbranched alkanes of at least 4 members (excludes halogenated alkanes) is 20. The molecule has 1 unspecified atom stereocenters. The number of carbonyl (C=O) groups excluding carboxylic acids is 1. The fourth-order valence-corrected chi connectivity index (χ4v) is 4.62. The normalized spacial score (nSPS) is 12.4. The zero-order chi connectivity index (χ0) is 27.1. The highest BCUT2D eigenvalue weighted by Gasteiger charge is 2.13. The summed E-state index contributed by atoms with van der Waals surface area (Å²) >= 11 is 0. The minimum absolute atomic E-state index is 0.170. The summed E-state index contributed by atoms with van der Waals surface area (Å²) in [5, 5.41) is 9.50. The Morgan fingerprint density at radius 2 is 1.05 bits per heavy atom. The lowest BCUT2D eigenvalue weighted by Crippen LogP contribution is -2.27. The summed E-state index contributed by atoms with van der Waals surface area (Å²) in [5.41, 5.74) is 0. The van der Waals surface area contributed by atoms with Crippen molar-refractivity contribution >= 4 is 5.97 Å². The number of ether oxygens (including phenoxy) is 2. The molecule has 0 saturated carbocycles. The average Bonchev–Trinajstić information content (AvgIpc) is 2.90. The molecule has 0 fully saturated rings. The van der Waals surface area contributed by atoms with E-state index >= 15 is 0 Å². The van der Waals surface area contributed by atoms with Crippen LogP contribution in [0.1, 0.15) is 168 Å². The van der Waals surface area contributed by atoms with Crippen LogP contribution in [0.5, 0.6) is 0 Å². The molecular formula is C33H64O4. The van der Waals surface area contributed by atoms with Gasteiger partial charge in [0.15, 0.2) is 0 Å². The van der Waals surface area contributed by atoms with Crippen molar-refractivity contribution in [3.05, 3.63) is 12.2 Å². The van der Waals surface area contributed by atoms with Gasteiger partial charge in [0.2, 0.25) is 0 Å². The summed E-state index contributed by atoms with van der Waals surface area (Å²) in [6.07, 6.45) is 33.8. The van der Waals surface area contributed by atoms with Gasteiger partial charge in [-0.3, -0.25) is 4.79 Å². The Hall–Kier alpha value is -0.870. The van der Waals surface area contributed by atoms with Crippen molar-refractivity contribution in [2.45, 2.75) is 174 Å². The number of esters is 1. The molecule has 220 valence electrons. The van der Waals surface area contributed by atoms with Crippen LogP contribution in [-0.2, 0) is 14.3 Å². The van der Waals surface area contributed by atoms with Gasteiger partial charge in [0, 0.05) is 13.0 Å². The zero-order valence-electron chi connectivity index (χ0n) is 25.0. The molecule has 0 aliphatic carbocycles.